The summed E-state index contributed by atoms with van der Waals surface area (Å²) in [5, 5.41) is 5.82. The lowest BCUT2D eigenvalue weighted by Crippen LogP contribution is -2.19. The molecule has 2 aromatic rings. The molecule has 22 heavy (non-hydrogen) atoms. The van der Waals surface area contributed by atoms with Gasteiger partial charge in [0.25, 0.3) is 0 Å². The van der Waals surface area contributed by atoms with Crippen LogP contribution < -0.4 is 10.6 Å². The van der Waals surface area contributed by atoms with Crippen LogP contribution in [0.25, 0.3) is 0 Å². The first kappa shape index (κ1) is 16.1. The van der Waals surface area contributed by atoms with Crippen molar-refractivity contribution in [1.29, 1.82) is 0 Å². The van der Waals surface area contributed by atoms with Gasteiger partial charge in [-0.3, -0.25) is 0 Å². The van der Waals surface area contributed by atoms with E-state index in [1.165, 1.54) is 7.11 Å². The zero-order valence-electron chi connectivity index (χ0n) is 11.5. The summed E-state index contributed by atoms with van der Waals surface area (Å²) in [4.78, 5) is 23.2. The van der Waals surface area contributed by atoms with Crippen LogP contribution in [0.5, 0.6) is 0 Å². The molecule has 0 saturated carbocycles. The third kappa shape index (κ3) is 3.90. The molecule has 0 atom stereocenters. The van der Waals surface area contributed by atoms with Gasteiger partial charge >= 0.3 is 12.0 Å². The van der Waals surface area contributed by atoms with E-state index in [1.807, 2.05) is 0 Å². The Morgan fingerprint density at radius 1 is 1.00 bits per heavy atom. The highest BCUT2D eigenvalue weighted by Crippen LogP contribution is 2.29. The summed E-state index contributed by atoms with van der Waals surface area (Å²) in [6, 6.07) is 10.7. The van der Waals surface area contributed by atoms with Crippen molar-refractivity contribution < 1.29 is 14.3 Å². The minimum absolute atomic E-state index is 0.264. The Hall–Kier alpha value is -2.24. The lowest BCUT2D eigenvalue weighted by molar-refractivity contribution is 0.0601. The third-order valence-corrected chi connectivity index (χ3v) is 3.58. The molecule has 0 heterocycles. The van der Waals surface area contributed by atoms with Gasteiger partial charge in [-0.05, 0) is 36.4 Å². The van der Waals surface area contributed by atoms with E-state index in [0.29, 0.717) is 22.0 Å². The summed E-state index contributed by atoms with van der Waals surface area (Å²) in [5.41, 5.74) is 1.31. The fourth-order valence-electron chi connectivity index (χ4n) is 1.69. The average molecular weight is 339 g/mol. The number of esters is 1. The first-order valence-electron chi connectivity index (χ1n) is 6.21. The number of nitrogens with one attached hydrogen (secondary N) is 2. The van der Waals surface area contributed by atoms with Crippen LogP contribution >= 0.6 is 23.2 Å². The molecule has 0 bridgehead atoms. The van der Waals surface area contributed by atoms with Crippen LogP contribution in [-0.4, -0.2) is 19.1 Å². The molecule has 2 rings (SSSR count). The number of halogens is 2. The number of methoxy groups -OCH3 is 1. The van der Waals surface area contributed by atoms with Gasteiger partial charge in [-0.25, -0.2) is 9.59 Å². The van der Waals surface area contributed by atoms with E-state index < -0.39 is 12.0 Å². The smallest absolute Gasteiger partial charge is 0.337 e. The van der Waals surface area contributed by atoms with Gasteiger partial charge in [0.05, 0.1) is 28.4 Å². The van der Waals surface area contributed by atoms with E-state index in [9.17, 15) is 9.59 Å². The molecular formula is C15H12Cl2N2O3. The van der Waals surface area contributed by atoms with Crippen LogP contribution in [0.1, 0.15) is 10.4 Å². The predicted octanol–water partition coefficient (Wildman–Crippen LogP) is 4.42. The Kier molecular flexibility index (Phi) is 5.25. The quantitative estimate of drug-likeness (QED) is 0.813. The number of benzene rings is 2. The summed E-state index contributed by atoms with van der Waals surface area (Å²) in [6.45, 7) is 0. The maximum atomic E-state index is 11.9. The van der Waals surface area contributed by atoms with Crippen LogP contribution in [0.4, 0.5) is 16.2 Å². The van der Waals surface area contributed by atoms with E-state index in [2.05, 4.69) is 15.4 Å². The number of amides is 2. The maximum absolute atomic E-state index is 11.9. The van der Waals surface area contributed by atoms with Crippen LogP contribution in [0, 0.1) is 0 Å². The predicted molar refractivity (Wildman–Crippen MR) is 86.9 cm³/mol. The van der Waals surface area contributed by atoms with Crippen LogP contribution in [0.2, 0.25) is 10.0 Å². The largest absolute Gasteiger partial charge is 0.465 e. The summed E-state index contributed by atoms with van der Waals surface area (Å²) in [7, 11) is 1.30. The molecule has 0 aliphatic heterocycles. The minimum Gasteiger partial charge on any atom is -0.465 e. The standard InChI is InChI=1S/C15H12Cl2N2O3/c1-22-14(20)9-5-7-10(8-6-9)18-15(21)19-12-4-2-3-11(16)13(12)17/h2-8H,1H3,(H2,18,19,21). The molecule has 0 saturated heterocycles. The van der Waals surface area contributed by atoms with E-state index >= 15 is 0 Å². The van der Waals surface area contributed by atoms with E-state index in [-0.39, 0.29) is 5.02 Å². The highest BCUT2D eigenvalue weighted by molar-refractivity contribution is 6.44. The van der Waals surface area contributed by atoms with Gasteiger partial charge in [0.2, 0.25) is 0 Å². The van der Waals surface area contributed by atoms with Gasteiger partial charge in [0.1, 0.15) is 0 Å². The van der Waals surface area contributed by atoms with Crippen molar-refractivity contribution in [2.24, 2.45) is 0 Å². The van der Waals surface area contributed by atoms with Gasteiger partial charge in [0.15, 0.2) is 0 Å². The number of hydrogen-bond donors (Lipinski definition) is 2. The summed E-state index contributed by atoms with van der Waals surface area (Å²) in [6.07, 6.45) is 0. The van der Waals surface area contributed by atoms with Crippen molar-refractivity contribution in [2.75, 3.05) is 17.7 Å². The number of carbonyl (C=O) groups excluding carboxylic acids is 2. The Morgan fingerprint density at radius 3 is 2.32 bits per heavy atom. The number of hydrogen-bond acceptors (Lipinski definition) is 3. The number of anilines is 2. The fourth-order valence-corrected chi connectivity index (χ4v) is 2.04. The molecule has 0 spiro atoms. The SMILES string of the molecule is COC(=O)c1ccc(NC(=O)Nc2cccc(Cl)c2Cl)cc1. The third-order valence-electron chi connectivity index (χ3n) is 2.76. The second kappa shape index (κ2) is 7.15. The molecule has 0 aliphatic rings. The van der Waals surface area contributed by atoms with Crippen LogP contribution in [-0.2, 0) is 4.74 Å². The molecule has 114 valence electrons. The molecule has 0 aliphatic carbocycles. The zero-order chi connectivity index (χ0) is 16.1. The maximum Gasteiger partial charge on any atom is 0.337 e. The monoisotopic (exact) mass is 338 g/mol. The topological polar surface area (TPSA) is 67.4 Å². The van der Waals surface area contributed by atoms with E-state index in [1.54, 1.807) is 42.5 Å². The van der Waals surface area contributed by atoms with Gasteiger partial charge < -0.3 is 15.4 Å². The average Bonchev–Trinajstić information content (AvgIpc) is 2.52. The van der Waals surface area contributed by atoms with Gasteiger partial charge in [-0.1, -0.05) is 29.3 Å². The first-order chi connectivity index (χ1) is 10.5. The highest BCUT2D eigenvalue weighted by atomic mass is 35.5. The minimum atomic E-state index is -0.477. The van der Waals surface area contributed by atoms with E-state index in [4.69, 9.17) is 23.2 Å². The highest BCUT2D eigenvalue weighted by Gasteiger charge is 2.09. The molecule has 0 aromatic heterocycles. The zero-order valence-corrected chi connectivity index (χ0v) is 13.0. The second-order valence-electron chi connectivity index (χ2n) is 4.25. The number of carbonyl (C=O) groups is 2. The van der Waals surface area contributed by atoms with Gasteiger partial charge in [0, 0.05) is 5.69 Å². The van der Waals surface area contributed by atoms with Crippen LogP contribution in [0.3, 0.4) is 0 Å². The summed E-state index contributed by atoms with van der Waals surface area (Å²) in [5.74, 6) is -0.443. The first-order valence-corrected chi connectivity index (χ1v) is 6.97. The van der Waals surface area contributed by atoms with E-state index in [0.717, 1.165) is 0 Å². The lowest BCUT2D eigenvalue weighted by atomic mass is 10.2. The van der Waals surface area contributed by atoms with Crippen molar-refractivity contribution in [3.8, 4) is 0 Å². The Morgan fingerprint density at radius 2 is 1.68 bits per heavy atom. The molecule has 5 nitrogen and oxygen atoms in total. The molecule has 0 unspecified atom stereocenters. The molecule has 7 heteroatoms. The molecule has 2 amide bonds. The Labute approximate surface area is 137 Å². The molecule has 0 radical (unpaired) electrons. The summed E-state index contributed by atoms with van der Waals surface area (Å²) < 4.78 is 4.59. The number of ether oxygens (including phenoxy) is 1. The van der Waals surface area contributed by atoms with Crippen LogP contribution in [0.15, 0.2) is 42.5 Å². The van der Waals surface area contributed by atoms with Gasteiger partial charge in [-0.15, -0.1) is 0 Å². The van der Waals surface area contributed by atoms with Gasteiger partial charge in [-0.2, -0.15) is 0 Å². The summed E-state index contributed by atoms with van der Waals surface area (Å²) >= 11 is 11.9. The fraction of sp³-hybridized carbons (Fsp3) is 0.0667. The van der Waals surface area contributed by atoms with Crippen molar-refractivity contribution >= 4 is 46.6 Å². The van der Waals surface area contributed by atoms with Crippen molar-refractivity contribution in [3.63, 3.8) is 0 Å². The molecule has 2 N–H and O–H groups in total. The molecule has 0 fully saturated rings. The van der Waals surface area contributed by atoms with Crippen molar-refractivity contribution in [1.82, 2.24) is 0 Å². The van der Waals surface area contributed by atoms with Crippen molar-refractivity contribution in [2.45, 2.75) is 0 Å². The number of rotatable bonds is 3. The normalized spacial score (nSPS) is 9.95. The molecule has 2 aromatic carbocycles. The van der Waals surface area contributed by atoms with Crippen molar-refractivity contribution in [3.05, 3.63) is 58.1 Å². The molecular weight excluding hydrogens is 327 g/mol. The second-order valence-corrected chi connectivity index (χ2v) is 5.03. The Bertz CT molecular complexity index is 702. The lowest BCUT2D eigenvalue weighted by Gasteiger charge is -2.10. The Balaban J connectivity index is 2.03. The number of urea groups is 1.